The van der Waals surface area contributed by atoms with Crippen LogP contribution in [-0.2, 0) is 15.6 Å². The molecule has 0 aliphatic carbocycles. The number of amides is 2. The summed E-state index contributed by atoms with van der Waals surface area (Å²) >= 11 is 0.604. The van der Waals surface area contributed by atoms with Gasteiger partial charge in [0.1, 0.15) is 12.0 Å². The van der Waals surface area contributed by atoms with E-state index in [2.05, 4.69) is 4.28 Å². The number of hydroxylamine groups is 2. The molecule has 4 rings (SSSR count). The summed E-state index contributed by atoms with van der Waals surface area (Å²) in [4.78, 5) is 26.1. The van der Waals surface area contributed by atoms with Crippen LogP contribution in [0.2, 0.25) is 0 Å². The molecular formula is C22H16F3NO4S2. The fraction of sp³-hybridized carbons (Fsp3) is 0.182. The number of alkyl halides is 3. The summed E-state index contributed by atoms with van der Waals surface area (Å²) in [6.07, 6.45) is 0. The Morgan fingerprint density at radius 3 is 2.31 bits per heavy atom. The van der Waals surface area contributed by atoms with E-state index in [9.17, 15) is 22.8 Å². The van der Waals surface area contributed by atoms with Gasteiger partial charge >= 0.3 is 5.51 Å². The Hall–Kier alpha value is -2.53. The first-order valence-electron chi connectivity index (χ1n) is 9.46. The number of nitrogens with zero attached hydrogens (tertiary/aromatic N) is 1. The van der Waals surface area contributed by atoms with Crippen molar-refractivity contribution in [1.29, 1.82) is 0 Å². The fourth-order valence-electron chi connectivity index (χ4n) is 3.30. The molecule has 0 unspecified atom stereocenters. The number of halogens is 3. The number of benzene rings is 3. The van der Waals surface area contributed by atoms with Crippen molar-refractivity contribution in [3.63, 3.8) is 0 Å². The van der Waals surface area contributed by atoms with E-state index in [1.807, 2.05) is 30.3 Å². The van der Waals surface area contributed by atoms with Crippen LogP contribution in [0.5, 0.6) is 0 Å². The van der Waals surface area contributed by atoms with Crippen molar-refractivity contribution >= 4 is 46.4 Å². The molecule has 0 saturated heterocycles. The molecule has 1 heterocycles. The molecule has 32 heavy (non-hydrogen) atoms. The lowest BCUT2D eigenvalue weighted by molar-refractivity contribution is -0.0570. The van der Waals surface area contributed by atoms with Gasteiger partial charge in [-0.2, -0.15) is 17.5 Å². The van der Waals surface area contributed by atoms with Crippen LogP contribution in [0.1, 0.15) is 26.3 Å². The summed E-state index contributed by atoms with van der Waals surface area (Å²) in [5.41, 5.74) is -3.45. The third kappa shape index (κ3) is 4.93. The van der Waals surface area contributed by atoms with Gasteiger partial charge in [-0.25, -0.2) is 0 Å². The average Bonchev–Trinajstić information content (AvgIpc) is 2.77. The molecule has 1 aliphatic rings. The Balaban J connectivity index is 1.49. The minimum absolute atomic E-state index is 0.114. The molecule has 3 aromatic rings. The molecule has 10 heteroatoms. The van der Waals surface area contributed by atoms with Crippen LogP contribution in [-0.4, -0.2) is 34.7 Å². The van der Waals surface area contributed by atoms with Gasteiger partial charge in [-0.05, 0) is 29.1 Å². The van der Waals surface area contributed by atoms with Crippen LogP contribution in [0.25, 0.3) is 10.8 Å². The number of rotatable bonds is 8. The summed E-state index contributed by atoms with van der Waals surface area (Å²) in [6.45, 7) is 0.997. The van der Waals surface area contributed by atoms with Gasteiger partial charge < -0.3 is 4.74 Å². The first-order chi connectivity index (χ1) is 15.3. The molecule has 0 spiro atoms. The van der Waals surface area contributed by atoms with Crippen molar-refractivity contribution in [3.05, 3.63) is 77.4 Å². The van der Waals surface area contributed by atoms with Crippen LogP contribution in [0.3, 0.4) is 0 Å². The molecule has 1 aliphatic heterocycles. The van der Waals surface area contributed by atoms with Gasteiger partial charge in [0.05, 0.1) is 24.3 Å². The third-order valence-corrected chi connectivity index (χ3v) is 6.08. The van der Waals surface area contributed by atoms with Gasteiger partial charge in [-0.3, -0.25) is 9.59 Å². The zero-order chi connectivity index (χ0) is 22.7. The Morgan fingerprint density at radius 2 is 1.59 bits per heavy atom. The Bertz CT molecular complexity index is 1130. The molecule has 0 aromatic heterocycles. The standard InChI is InChI=1S/C22H16F3NO4S2/c23-22(24,25)32-30-26-20(27)16-8-4-7-15-18(10-9-17(19(15)16)21(26)28)31-12-11-29-13-14-5-2-1-3-6-14/h1-10H,11-13H2. The maximum absolute atomic E-state index is 12.6. The number of ether oxygens (including phenoxy) is 1. The van der Waals surface area contributed by atoms with Crippen LogP contribution in [0, 0.1) is 0 Å². The van der Waals surface area contributed by atoms with E-state index < -0.39 is 29.4 Å². The first kappa shape index (κ1) is 22.7. The molecule has 0 radical (unpaired) electrons. The van der Waals surface area contributed by atoms with Crippen molar-refractivity contribution in [3.8, 4) is 0 Å². The minimum atomic E-state index is -4.75. The third-order valence-electron chi connectivity index (χ3n) is 4.63. The van der Waals surface area contributed by atoms with Crippen molar-refractivity contribution < 1.29 is 31.8 Å². The van der Waals surface area contributed by atoms with Crippen LogP contribution >= 0.6 is 23.8 Å². The molecule has 0 atom stereocenters. The van der Waals surface area contributed by atoms with Crippen molar-refractivity contribution in [2.75, 3.05) is 12.4 Å². The maximum atomic E-state index is 12.6. The average molecular weight is 480 g/mol. The highest BCUT2D eigenvalue weighted by molar-refractivity contribution is 7.99. The lowest BCUT2D eigenvalue weighted by Gasteiger charge is -2.25. The van der Waals surface area contributed by atoms with Gasteiger partial charge in [-0.15, -0.1) is 16.8 Å². The van der Waals surface area contributed by atoms with E-state index in [1.54, 1.807) is 18.2 Å². The monoisotopic (exact) mass is 479 g/mol. The number of carbonyl (C=O) groups excluding carboxylic acids is 2. The van der Waals surface area contributed by atoms with Crippen molar-refractivity contribution in [2.24, 2.45) is 0 Å². The largest absolute Gasteiger partial charge is 0.470 e. The Labute approximate surface area is 190 Å². The minimum Gasteiger partial charge on any atom is -0.376 e. The molecule has 5 nitrogen and oxygen atoms in total. The Kier molecular flexibility index (Phi) is 6.75. The van der Waals surface area contributed by atoms with Crippen LogP contribution in [0.15, 0.2) is 65.6 Å². The second kappa shape index (κ2) is 9.53. The van der Waals surface area contributed by atoms with Crippen molar-refractivity contribution in [2.45, 2.75) is 17.0 Å². The predicted octanol–water partition coefficient (Wildman–Crippen LogP) is 5.84. The molecule has 3 aromatic carbocycles. The highest BCUT2D eigenvalue weighted by Crippen LogP contribution is 2.38. The molecule has 0 saturated carbocycles. The Morgan fingerprint density at radius 1 is 0.875 bits per heavy atom. The predicted molar refractivity (Wildman–Crippen MR) is 116 cm³/mol. The summed E-state index contributed by atoms with van der Waals surface area (Å²) in [7, 11) is 0. The summed E-state index contributed by atoms with van der Waals surface area (Å²) in [6, 6.07) is 17.9. The molecule has 166 valence electrons. The molecule has 0 N–H and O–H groups in total. The zero-order valence-electron chi connectivity index (χ0n) is 16.4. The zero-order valence-corrected chi connectivity index (χ0v) is 18.1. The van der Waals surface area contributed by atoms with Gasteiger partial charge in [0.2, 0.25) is 0 Å². The topological polar surface area (TPSA) is 55.8 Å². The van der Waals surface area contributed by atoms with E-state index in [0.717, 1.165) is 10.5 Å². The number of carbonyl (C=O) groups is 2. The quantitative estimate of drug-likeness (QED) is 0.175. The molecule has 0 bridgehead atoms. The van der Waals surface area contributed by atoms with Crippen molar-refractivity contribution in [1.82, 2.24) is 5.06 Å². The van der Waals surface area contributed by atoms with Crippen LogP contribution < -0.4 is 0 Å². The second-order valence-electron chi connectivity index (χ2n) is 6.73. The highest BCUT2D eigenvalue weighted by atomic mass is 32.2. The van der Waals surface area contributed by atoms with E-state index in [0.29, 0.717) is 29.7 Å². The fourth-order valence-corrected chi connectivity index (χ4v) is 4.50. The van der Waals surface area contributed by atoms with Gasteiger partial charge in [0.25, 0.3) is 11.8 Å². The second-order valence-corrected chi connectivity index (χ2v) is 8.65. The first-order valence-corrected chi connectivity index (χ1v) is 11.2. The summed E-state index contributed by atoms with van der Waals surface area (Å²) in [5, 5.41) is 1.24. The van der Waals surface area contributed by atoms with E-state index in [1.165, 1.54) is 23.9 Å². The molecular weight excluding hydrogens is 463 g/mol. The highest BCUT2D eigenvalue weighted by Gasteiger charge is 2.39. The van der Waals surface area contributed by atoms with E-state index in [-0.39, 0.29) is 16.2 Å². The van der Waals surface area contributed by atoms with E-state index >= 15 is 0 Å². The number of hydrogen-bond donors (Lipinski definition) is 0. The lowest BCUT2D eigenvalue weighted by atomic mass is 9.95. The van der Waals surface area contributed by atoms with Gasteiger partial charge in [0.15, 0.2) is 0 Å². The normalized spacial score (nSPS) is 13.8. The number of imide groups is 1. The van der Waals surface area contributed by atoms with E-state index in [4.69, 9.17) is 4.74 Å². The summed E-state index contributed by atoms with van der Waals surface area (Å²) in [5.74, 6) is -1.22. The number of thioether (sulfide) groups is 1. The maximum Gasteiger partial charge on any atom is 0.470 e. The van der Waals surface area contributed by atoms with Gasteiger partial charge in [0, 0.05) is 16.0 Å². The molecule has 0 fully saturated rings. The lowest BCUT2D eigenvalue weighted by Crippen LogP contribution is -2.39. The van der Waals surface area contributed by atoms with Crippen LogP contribution in [0.4, 0.5) is 13.2 Å². The summed E-state index contributed by atoms with van der Waals surface area (Å²) < 4.78 is 47.6. The number of hydrogen-bond acceptors (Lipinski definition) is 6. The molecule has 2 amide bonds. The smallest absolute Gasteiger partial charge is 0.376 e. The SMILES string of the molecule is O=C1c2cccc3c(SCCOCc4ccccc4)ccc(c23)C(=O)N1OSC(F)(F)F. The van der Waals surface area contributed by atoms with Gasteiger partial charge in [-0.1, -0.05) is 42.5 Å².